The van der Waals surface area contributed by atoms with Crippen molar-refractivity contribution in [2.45, 2.75) is 25.9 Å². The first kappa shape index (κ1) is 18.6. The summed E-state index contributed by atoms with van der Waals surface area (Å²) in [6, 6.07) is 4.45. The molecule has 0 aliphatic carbocycles. The average Bonchev–Trinajstić information content (AvgIpc) is 3.04. The molecule has 2 N–H and O–H groups in total. The molecule has 1 heterocycles. The van der Waals surface area contributed by atoms with Crippen LogP contribution >= 0.6 is 0 Å². The number of unbranched alkanes of at least 4 members (excludes halogenated alkanes) is 1. The van der Waals surface area contributed by atoms with E-state index < -0.39 is 23.9 Å². The number of benzene rings is 1. The molecule has 0 saturated carbocycles. The molecule has 2 rings (SSSR count). The predicted molar refractivity (Wildman–Crippen MR) is 82.7 cm³/mol. The first-order valence-electron chi connectivity index (χ1n) is 7.47. The van der Waals surface area contributed by atoms with Crippen LogP contribution in [0.15, 0.2) is 18.2 Å². The Morgan fingerprint density at radius 1 is 1.32 bits per heavy atom. The Labute approximate surface area is 141 Å². The number of halogens is 3. The molecule has 10 heteroatoms. The molecule has 7 nitrogen and oxygen atoms in total. The van der Waals surface area contributed by atoms with Gasteiger partial charge in [0.15, 0.2) is 11.5 Å². The molecule has 0 fully saturated rings. The lowest BCUT2D eigenvalue weighted by Gasteiger charge is -2.11. The number of carbonyl (C=O) groups excluding carboxylic acids is 1. The van der Waals surface area contributed by atoms with Crippen molar-refractivity contribution in [2.24, 2.45) is 0 Å². The zero-order valence-corrected chi connectivity index (χ0v) is 13.6. The zero-order chi connectivity index (χ0) is 18.4. The quantitative estimate of drug-likeness (QED) is 0.742. The molecule has 136 valence electrons. The summed E-state index contributed by atoms with van der Waals surface area (Å²) < 4.78 is 48.1. The number of aromatic amines is 1. The third kappa shape index (κ3) is 4.85. The topological polar surface area (TPSA) is 89.1 Å². The first-order chi connectivity index (χ1) is 11.8. The minimum atomic E-state index is -4.67. The second kappa shape index (κ2) is 7.86. The van der Waals surface area contributed by atoms with Gasteiger partial charge < -0.3 is 9.47 Å². The third-order valence-corrected chi connectivity index (χ3v) is 3.16. The van der Waals surface area contributed by atoms with Crippen LogP contribution in [-0.4, -0.2) is 34.8 Å². The summed E-state index contributed by atoms with van der Waals surface area (Å²) in [6.07, 6.45) is -2.83. The van der Waals surface area contributed by atoms with Crippen molar-refractivity contribution in [3.63, 3.8) is 0 Å². The lowest BCUT2D eigenvalue weighted by atomic mass is 10.2. The van der Waals surface area contributed by atoms with Crippen LogP contribution in [0.25, 0.3) is 0 Å². The van der Waals surface area contributed by atoms with Gasteiger partial charge >= 0.3 is 6.18 Å². The number of methoxy groups -OCH3 is 1. The third-order valence-electron chi connectivity index (χ3n) is 3.16. The molecule has 0 unspecified atom stereocenters. The molecule has 0 radical (unpaired) electrons. The van der Waals surface area contributed by atoms with E-state index in [0.717, 1.165) is 12.8 Å². The highest BCUT2D eigenvalue weighted by atomic mass is 19.4. The normalized spacial score (nSPS) is 11.2. The predicted octanol–water partition coefficient (Wildman–Crippen LogP) is 3.26. The van der Waals surface area contributed by atoms with Crippen molar-refractivity contribution in [1.29, 1.82) is 0 Å². The van der Waals surface area contributed by atoms with Crippen molar-refractivity contribution in [2.75, 3.05) is 19.0 Å². The highest BCUT2D eigenvalue weighted by Gasteiger charge is 2.35. The summed E-state index contributed by atoms with van der Waals surface area (Å²) in [5, 5.41) is 7.22. The Hall–Kier alpha value is -2.78. The van der Waals surface area contributed by atoms with Crippen LogP contribution in [0, 0.1) is 0 Å². The van der Waals surface area contributed by atoms with E-state index in [0.29, 0.717) is 18.1 Å². The largest absolute Gasteiger partial charge is 0.493 e. The standard InChI is InChI=1S/C15H17F3N4O3/c1-3-4-7-25-10-6-5-9(8-11(10)24-2)12(23)19-14-20-13(21-22-14)15(16,17)18/h5-6,8H,3-4,7H2,1-2H3,(H2,19,20,21,22,23). The maximum Gasteiger partial charge on any atom is 0.451 e. The monoisotopic (exact) mass is 358 g/mol. The maximum atomic E-state index is 12.5. The van der Waals surface area contributed by atoms with Gasteiger partial charge in [0, 0.05) is 5.56 Å². The number of ether oxygens (including phenoxy) is 2. The minimum Gasteiger partial charge on any atom is -0.493 e. The molecular weight excluding hydrogens is 341 g/mol. The van der Waals surface area contributed by atoms with Crippen LogP contribution in [0.5, 0.6) is 11.5 Å². The van der Waals surface area contributed by atoms with Gasteiger partial charge in [0.2, 0.25) is 11.8 Å². The molecule has 0 atom stereocenters. The fourth-order valence-electron chi connectivity index (χ4n) is 1.87. The lowest BCUT2D eigenvalue weighted by molar-refractivity contribution is -0.144. The summed E-state index contributed by atoms with van der Waals surface area (Å²) in [5.41, 5.74) is 0.165. The fourth-order valence-corrected chi connectivity index (χ4v) is 1.87. The van der Waals surface area contributed by atoms with E-state index in [-0.39, 0.29) is 5.56 Å². The van der Waals surface area contributed by atoms with E-state index >= 15 is 0 Å². The van der Waals surface area contributed by atoms with E-state index in [1.807, 2.05) is 6.92 Å². The Balaban J connectivity index is 2.09. The summed E-state index contributed by atoms with van der Waals surface area (Å²) in [7, 11) is 1.43. The summed E-state index contributed by atoms with van der Waals surface area (Å²) in [4.78, 5) is 15.3. The van der Waals surface area contributed by atoms with E-state index in [2.05, 4.69) is 15.4 Å². The number of anilines is 1. The second-order valence-electron chi connectivity index (χ2n) is 5.03. The molecule has 2 aromatic rings. The number of alkyl halides is 3. The lowest BCUT2D eigenvalue weighted by Crippen LogP contribution is -2.14. The van der Waals surface area contributed by atoms with Crippen molar-refractivity contribution in [3.8, 4) is 11.5 Å². The van der Waals surface area contributed by atoms with Gasteiger partial charge in [0.25, 0.3) is 5.91 Å². The van der Waals surface area contributed by atoms with Gasteiger partial charge in [-0.05, 0) is 24.6 Å². The van der Waals surface area contributed by atoms with E-state index in [1.54, 1.807) is 11.2 Å². The number of carbonyl (C=O) groups is 1. The number of H-pyrrole nitrogens is 1. The van der Waals surface area contributed by atoms with Gasteiger partial charge in [-0.15, -0.1) is 5.10 Å². The molecule has 1 aromatic carbocycles. The van der Waals surface area contributed by atoms with Crippen LogP contribution in [0.2, 0.25) is 0 Å². The smallest absolute Gasteiger partial charge is 0.451 e. The SMILES string of the molecule is CCCCOc1ccc(C(=O)Nc2n[nH]c(C(F)(F)F)n2)cc1OC. The number of nitrogens with zero attached hydrogens (tertiary/aromatic N) is 2. The molecule has 25 heavy (non-hydrogen) atoms. The van der Waals surface area contributed by atoms with E-state index in [4.69, 9.17) is 9.47 Å². The van der Waals surface area contributed by atoms with Crippen LogP contribution < -0.4 is 14.8 Å². The second-order valence-corrected chi connectivity index (χ2v) is 5.03. The minimum absolute atomic E-state index is 0.165. The number of aromatic nitrogens is 3. The highest BCUT2D eigenvalue weighted by molar-refractivity contribution is 6.03. The molecule has 1 aromatic heterocycles. The van der Waals surface area contributed by atoms with Gasteiger partial charge in [-0.3, -0.25) is 15.2 Å². The summed E-state index contributed by atoms with van der Waals surface area (Å²) in [6.45, 7) is 2.54. The Morgan fingerprint density at radius 2 is 2.08 bits per heavy atom. The number of hydrogen-bond donors (Lipinski definition) is 2. The zero-order valence-electron chi connectivity index (χ0n) is 13.6. The summed E-state index contributed by atoms with van der Waals surface area (Å²) >= 11 is 0. The van der Waals surface area contributed by atoms with Crippen molar-refractivity contribution >= 4 is 11.9 Å². The fraction of sp³-hybridized carbons (Fsp3) is 0.400. The van der Waals surface area contributed by atoms with Crippen LogP contribution in [0.4, 0.5) is 19.1 Å². The van der Waals surface area contributed by atoms with Crippen molar-refractivity contribution in [3.05, 3.63) is 29.6 Å². The van der Waals surface area contributed by atoms with Gasteiger partial charge in [-0.1, -0.05) is 13.3 Å². The van der Waals surface area contributed by atoms with Gasteiger partial charge in [0.1, 0.15) is 0 Å². The van der Waals surface area contributed by atoms with Gasteiger partial charge in [-0.25, -0.2) is 0 Å². The number of rotatable bonds is 7. The molecule has 0 saturated heterocycles. The highest BCUT2D eigenvalue weighted by Crippen LogP contribution is 2.29. The van der Waals surface area contributed by atoms with Crippen molar-refractivity contribution < 1.29 is 27.4 Å². The first-order valence-corrected chi connectivity index (χ1v) is 7.47. The van der Waals surface area contributed by atoms with Crippen LogP contribution in [-0.2, 0) is 6.18 Å². The van der Waals surface area contributed by atoms with Gasteiger partial charge in [0.05, 0.1) is 13.7 Å². The van der Waals surface area contributed by atoms with Crippen LogP contribution in [0.1, 0.15) is 35.9 Å². The molecule has 0 aliphatic rings. The Kier molecular flexibility index (Phi) is 5.84. The Morgan fingerprint density at radius 3 is 2.68 bits per heavy atom. The average molecular weight is 358 g/mol. The number of hydrogen-bond acceptors (Lipinski definition) is 5. The molecular formula is C15H17F3N4O3. The van der Waals surface area contributed by atoms with Crippen LogP contribution in [0.3, 0.4) is 0 Å². The molecule has 0 spiro atoms. The molecule has 0 aliphatic heterocycles. The van der Waals surface area contributed by atoms with Crippen molar-refractivity contribution in [1.82, 2.24) is 15.2 Å². The van der Waals surface area contributed by atoms with E-state index in [9.17, 15) is 18.0 Å². The summed E-state index contributed by atoms with van der Waals surface area (Å²) in [5.74, 6) is -1.62. The maximum absolute atomic E-state index is 12.5. The number of nitrogens with one attached hydrogen (secondary N) is 2. The molecule has 1 amide bonds. The van der Waals surface area contributed by atoms with E-state index in [1.165, 1.54) is 19.2 Å². The Bertz CT molecular complexity index is 731. The van der Waals surface area contributed by atoms with Gasteiger partial charge in [-0.2, -0.15) is 18.2 Å². The number of amides is 1. The molecule has 0 bridgehead atoms.